The SMILES string of the molecule is COc1ccc2cc(C3NNc4ccc(-c5n[nH]c(CN6CCCC6)n5)cc43)ccc2c1. The smallest absolute Gasteiger partial charge is 0.181 e. The summed E-state index contributed by atoms with van der Waals surface area (Å²) in [6, 6.07) is 19.1. The second-order valence-corrected chi connectivity index (χ2v) is 8.57. The molecule has 0 spiro atoms. The number of hydrogen-bond acceptors (Lipinski definition) is 6. The van der Waals surface area contributed by atoms with Crippen LogP contribution in [0.15, 0.2) is 54.6 Å². The van der Waals surface area contributed by atoms with Gasteiger partial charge in [0.1, 0.15) is 11.6 Å². The molecular formula is C25H26N6O. The van der Waals surface area contributed by atoms with E-state index in [1.54, 1.807) is 7.11 Å². The van der Waals surface area contributed by atoms with Crippen LogP contribution < -0.4 is 15.6 Å². The van der Waals surface area contributed by atoms with Crippen LogP contribution in [0.25, 0.3) is 22.2 Å². The molecule has 1 aromatic heterocycles. The average Bonchev–Trinajstić information content (AvgIpc) is 3.59. The van der Waals surface area contributed by atoms with Crippen LogP contribution in [0, 0.1) is 0 Å². The van der Waals surface area contributed by atoms with Crippen LogP contribution >= 0.6 is 0 Å². The highest BCUT2D eigenvalue weighted by Gasteiger charge is 2.25. The number of H-pyrrole nitrogens is 1. The fourth-order valence-corrected chi connectivity index (χ4v) is 4.74. The summed E-state index contributed by atoms with van der Waals surface area (Å²) in [4.78, 5) is 7.19. The standard InChI is InChI=1S/C25H26N6O/c1-32-20-8-6-16-12-18(5-4-17(16)13-20)24-21-14-19(7-9-22(21)27-29-24)25-26-23(28-30-25)15-31-10-2-3-11-31/h4-9,12-14,24,27,29H,2-3,10-11,15H2,1H3,(H,26,28,30). The van der Waals surface area contributed by atoms with E-state index in [1.165, 1.54) is 34.7 Å². The lowest BCUT2D eigenvalue weighted by molar-refractivity contribution is 0.323. The number of hydrogen-bond donors (Lipinski definition) is 3. The third-order valence-corrected chi connectivity index (χ3v) is 6.48. The molecule has 1 saturated heterocycles. The molecule has 1 atom stereocenters. The second kappa shape index (κ2) is 7.93. The third kappa shape index (κ3) is 3.49. The zero-order valence-corrected chi connectivity index (χ0v) is 18.1. The van der Waals surface area contributed by atoms with E-state index in [9.17, 15) is 0 Å². The molecule has 3 heterocycles. The number of ether oxygens (including phenoxy) is 1. The Bertz CT molecular complexity index is 1280. The van der Waals surface area contributed by atoms with Crippen LogP contribution in [0.4, 0.5) is 5.69 Å². The first-order valence-corrected chi connectivity index (χ1v) is 11.1. The van der Waals surface area contributed by atoms with E-state index >= 15 is 0 Å². The van der Waals surface area contributed by atoms with Gasteiger partial charge in [-0.2, -0.15) is 5.10 Å². The van der Waals surface area contributed by atoms with Crippen molar-refractivity contribution in [3.8, 4) is 17.1 Å². The van der Waals surface area contributed by atoms with Crippen molar-refractivity contribution in [2.24, 2.45) is 0 Å². The molecule has 0 bridgehead atoms. The maximum atomic E-state index is 5.35. The molecule has 7 nitrogen and oxygen atoms in total. The molecule has 0 amide bonds. The number of aromatic amines is 1. The van der Waals surface area contributed by atoms with Gasteiger partial charge in [0.25, 0.3) is 0 Å². The number of methoxy groups -OCH3 is 1. The molecule has 0 aliphatic carbocycles. The lowest BCUT2D eigenvalue weighted by Gasteiger charge is -2.13. The van der Waals surface area contributed by atoms with Crippen molar-refractivity contribution in [2.45, 2.75) is 25.4 Å². The molecule has 7 heteroatoms. The average molecular weight is 427 g/mol. The number of fused-ring (bicyclic) bond motifs is 2. The molecule has 4 aromatic rings. The Labute approximate surface area is 186 Å². The minimum Gasteiger partial charge on any atom is -0.497 e. The molecule has 162 valence electrons. The van der Waals surface area contributed by atoms with E-state index in [-0.39, 0.29) is 6.04 Å². The molecule has 0 radical (unpaired) electrons. The third-order valence-electron chi connectivity index (χ3n) is 6.48. The summed E-state index contributed by atoms with van der Waals surface area (Å²) in [5, 5.41) is 9.98. The van der Waals surface area contributed by atoms with Crippen LogP contribution in [-0.2, 0) is 6.54 Å². The van der Waals surface area contributed by atoms with Crippen molar-refractivity contribution >= 4 is 16.5 Å². The fourth-order valence-electron chi connectivity index (χ4n) is 4.74. The Hall–Kier alpha value is -3.42. The number of anilines is 1. The number of likely N-dealkylation sites (tertiary alicyclic amines) is 1. The van der Waals surface area contributed by atoms with Gasteiger partial charge in [0.15, 0.2) is 5.82 Å². The number of nitrogens with one attached hydrogen (secondary N) is 3. The van der Waals surface area contributed by atoms with Gasteiger partial charge in [0, 0.05) is 11.1 Å². The van der Waals surface area contributed by atoms with Crippen LogP contribution in [0.3, 0.4) is 0 Å². The summed E-state index contributed by atoms with van der Waals surface area (Å²) < 4.78 is 5.35. The van der Waals surface area contributed by atoms with Gasteiger partial charge in [0.2, 0.25) is 0 Å². The van der Waals surface area contributed by atoms with Gasteiger partial charge >= 0.3 is 0 Å². The van der Waals surface area contributed by atoms with Gasteiger partial charge in [0.05, 0.1) is 25.4 Å². The predicted molar refractivity (Wildman–Crippen MR) is 125 cm³/mol. The first kappa shape index (κ1) is 19.3. The van der Waals surface area contributed by atoms with Gasteiger partial charge in [-0.15, -0.1) is 0 Å². The summed E-state index contributed by atoms with van der Waals surface area (Å²) in [6.07, 6.45) is 2.55. The summed E-state index contributed by atoms with van der Waals surface area (Å²) in [7, 11) is 1.70. The van der Waals surface area contributed by atoms with Crippen molar-refractivity contribution in [3.63, 3.8) is 0 Å². The van der Waals surface area contributed by atoms with E-state index in [1.807, 2.05) is 6.07 Å². The highest BCUT2D eigenvalue weighted by molar-refractivity contribution is 5.85. The topological polar surface area (TPSA) is 78.1 Å². The molecule has 2 aliphatic rings. The minimum absolute atomic E-state index is 0.0551. The largest absolute Gasteiger partial charge is 0.497 e. The Morgan fingerprint density at radius 1 is 1.00 bits per heavy atom. The second-order valence-electron chi connectivity index (χ2n) is 8.57. The molecule has 6 rings (SSSR count). The van der Waals surface area contributed by atoms with E-state index in [2.05, 4.69) is 74.5 Å². The van der Waals surface area contributed by atoms with Crippen molar-refractivity contribution in [3.05, 3.63) is 71.5 Å². The summed E-state index contributed by atoms with van der Waals surface area (Å²) in [5.41, 5.74) is 11.3. The Balaban J connectivity index is 1.29. The van der Waals surface area contributed by atoms with E-state index in [0.717, 1.165) is 48.3 Å². The molecule has 0 saturated carbocycles. The maximum Gasteiger partial charge on any atom is 0.181 e. The van der Waals surface area contributed by atoms with Crippen LogP contribution in [0.1, 0.15) is 35.8 Å². The lowest BCUT2D eigenvalue weighted by atomic mass is 9.95. The molecule has 1 fully saturated rings. The number of hydrazine groups is 1. The summed E-state index contributed by atoms with van der Waals surface area (Å²) >= 11 is 0. The first-order valence-electron chi connectivity index (χ1n) is 11.1. The predicted octanol–water partition coefficient (Wildman–Crippen LogP) is 4.25. The van der Waals surface area contributed by atoms with Crippen molar-refractivity contribution in [1.29, 1.82) is 0 Å². The number of nitrogens with zero attached hydrogens (tertiary/aromatic N) is 3. The minimum atomic E-state index is 0.0551. The van der Waals surface area contributed by atoms with Gasteiger partial charge in [-0.05, 0) is 78.7 Å². The van der Waals surface area contributed by atoms with Crippen LogP contribution in [0.5, 0.6) is 5.75 Å². The van der Waals surface area contributed by atoms with E-state index in [0.29, 0.717) is 0 Å². The van der Waals surface area contributed by atoms with Crippen molar-refractivity contribution in [2.75, 3.05) is 25.6 Å². The van der Waals surface area contributed by atoms with E-state index < -0.39 is 0 Å². The zero-order valence-electron chi connectivity index (χ0n) is 18.1. The monoisotopic (exact) mass is 426 g/mol. The van der Waals surface area contributed by atoms with Crippen molar-refractivity contribution in [1.82, 2.24) is 25.5 Å². The van der Waals surface area contributed by atoms with Gasteiger partial charge in [-0.1, -0.05) is 18.2 Å². The van der Waals surface area contributed by atoms with Crippen LogP contribution in [0.2, 0.25) is 0 Å². The first-order chi connectivity index (χ1) is 15.8. The number of rotatable bonds is 5. The quantitative estimate of drug-likeness (QED) is 0.443. The Kier molecular flexibility index (Phi) is 4.78. The fraction of sp³-hybridized carbons (Fsp3) is 0.280. The molecule has 2 aliphatic heterocycles. The van der Waals surface area contributed by atoms with Gasteiger partial charge in [-0.3, -0.25) is 10.00 Å². The highest BCUT2D eigenvalue weighted by atomic mass is 16.5. The van der Waals surface area contributed by atoms with E-state index in [4.69, 9.17) is 9.72 Å². The summed E-state index contributed by atoms with van der Waals surface area (Å²) in [5.74, 6) is 2.55. The molecule has 32 heavy (non-hydrogen) atoms. The Morgan fingerprint density at radius 2 is 1.84 bits per heavy atom. The van der Waals surface area contributed by atoms with Crippen molar-refractivity contribution < 1.29 is 4.74 Å². The molecule has 1 unspecified atom stereocenters. The molecule has 3 aromatic carbocycles. The number of benzene rings is 3. The normalized spacial score (nSPS) is 18.1. The zero-order chi connectivity index (χ0) is 21.5. The lowest BCUT2D eigenvalue weighted by Crippen LogP contribution is -2.19. The maximum absolute atomic E-state index is 5.35. The summed E-state index contributed by atoms with van der Waals surface area (Å²) in [6.45, 7) is 3.13. The van der Waals surface area contributed by atoms with Gasteiger partial charge in [-0.25, -0.2) is 10.4 Å². The highest BCUT2D eigenvalue weighted by Crippen LogP contribution is 2.36. The van der Waals surface area contributed by atoms with Crippen LogP contribution in [-0.4, -0.2) is 40.3 Å². The molecule has 3 N–H and O–H groups in total. The van der Waals surface area contributed by atoms with Gasteiger partial charge < -0.3 is 10.2 Å². The number of aromatic nitrogens is 3. The molecular weight excluding hydrogens is 400 g/mol. The Morgan fingerprint density at radius 3 is 2.72 bits per heavy atom.